The highest BCUT2D eigenvalue weighted by atomic mass is 16.3. The minimum atomic E-state index is 0.125. The van der Waals surface area contributed by atoms with Crippen molar-refractivity contribution in [1.82, 2.24) is 4.98 Å². The average molecular weight is 231 g/mol. The summed E-state index contributed by atoms with van der Waals surface area (Å²) in [5.41, 5.74) is 1.09. The first kappa shape index (κ1) is 11.7. The van der Waals surface area contributed by atoms with Gasteiger partial charge in [0.25, 0.3) is 0 Å². The van der Waals surface area contributed by atoms with Gasteiger partial charge in [0.2, 0.25) is 0 Å². The summed E-state index contributed by atoms with van der Waals surface area (Å²) < 4.78 is 0. The zero-order valence-electron chi connectivity index (χ0n) is 10.1. The number of aromatic nitrogens is 1. The summed E-state index contributed by atoms with van der Waals surface area (Å²) in [4.78, 5) is 6.35. The molecule has 4 nitrogen and oxygen atoms in total. The van der Waals surface area contributed by atoms with Crippen LogP contribution in [0.25, 0.3) is 10.8 Å². The number of aliphatic hydroxyl groups is 1. The summed E-state index contributed by atoms with van der Waals surface area (Å²) in [7, 11) is 3.84. The van der Waals surface area contributed by atoms with E-state index in [0.29, 0.717) is 6.54 Å². The molecule has 2 N–H and O–H groups in total. The largest absolute Gasteiger partial charge is 0.395 e. The number of nitrogens with one attached hydrogen (secondary N) is 1. The highest BCUT2D eigenvalue weighted by molar-refractivity contribution is 6.00. The molecule has 0 aliphatic rings. The second kappa shape index (κ2) is 5.01. The Balaban J connectivity index is 2.57. The van der Waals surface area contributed by atoms with Crippen LogP contribution in [-0.2, 0) is 0 Å². The van der Waals surface area contributed by atoms with Gasteiger partial charge in [-0.3, -0.25) is 0 Å². The van der Waals surface area contributed by atoms with Crippen molar-refractivity contribution in [3.05, 3.63) is 30.5 Å². The van der Waals surface area contributed by atoms with E-state index in [2.05, 4.69) is 10.3 Å². The summed E-state index contributed by atoms with van der Waals surface area (Å²) in [5.74, 6) is 0.897. The molecule has 0 unspecified atom stereocenters. The topological polar surface area (TPSA) is 48.4 Å². The molecule has 0 amide bonds. The van der Waals surface area contributed by atoms with Crippen molar-refractivity contribution in [3.63, 3.8) is 0 Å². The Morgan fingerprint density at radius 3 is 2.82 bits per heavy atom. The van der Waals surface area contributed by atoms with E-state index in [0.717, 1.165) is 22.3 Å². The Labute approximate surface area is 101 Å². The Morgan fingerprint density at radius 1 is 1.29 bits per heavy atom. The van der Waals surface area contributed by atoms with E-state index in [1.54, 1.807) is 6.20 Å². The fraction of sp³-hybridized carbons (Fsp3) is 0.308. The summed E-state index contributed by atoms with van der Waals surface area (Å²) >= 11 is 0. The number of nitrogens with zero attached hydrogens (tertiary/aromatic N) is 2. The second-order valence-electron chi connectivity index (χ2n) is 3.93. The number of likely N-dealkylation sites (N-methyl/N-ethyl adjacent to an activating group) is 1. The summed E-state index contributed by atoms with van der Waals surface area (Å²) in [6.07, 6.45) is 1.80. The van der Waals surface area contributed by atoms with E-state index in [1.807, 2.05) is 43.3 Å². The molecule has 0 spiro atoms. The second-order valence-corrected chi connectivity index (χ2v) is 3.93. The lowest BCUT2D eigenvalue weighted by Gasteiger charge is -2.19. The molecule has 1 aromatic heterocycles. The maximum atomic E-state index is 8.99. The third kappa shape index (κ3) is 2.17. The van der Waals surface area contributed by atoms with Gasteiger partial charge in [0.05, 0.1) is 6.61 Å². The van der Waals surface area contributed by atoms with Gasteiger partial charge in [0, 0.05) is 43.3 Å². The van der Waals surface area contributed by atoms with Gasteiger partial charge in [-0.15, -0.1) is 0 Å². The molecule has 1 heterocycles. The van der Waals surface area contributed by atoms with Crippen LogP contribution >= 0.6 is 0 Å². The Kier molecular flexibility index (Phi) is 3.44. The van der Waals surface area contributed by atoms with Gasteiger partial charge >= 0.3 is 0 Å². The van der Waals surface area contributed by atoms with Gasteiger partial charge in [-0.2, -0.15) is 0 Å². The molecule has 0 aliphatic carbocycles. The van der Waals surface area contributed by atoms with Gasteiger partial charge in [-0.1, -0.05) is 12.1 Å². The average Bonchev–Trinajstić information content (AvgIpc) is 2.37. The van der Waals surface area contributed by atoms with Crippen LogP contribution in [0.4, 0.5) is 11.5 Å². The van der Waals surface area contributed by atoms with E-state index in [9.17, 15) is 0 Å². The van der Waals surface area contributed by atoms with Crippen molar-refractivity contribution in [2.75, 3.05) is 37.5 Å². The van der Waals surface area contributed by atoms with Gasteiger partial charge in [0.1, 0.15) is 5.82 Å². The van der Waals surface area contributed by atoms with Crippen molar-refractivity contribution in [1.29, 1.82) is 0 Å². The molecular formula is C13H17N3O. The summed E-state index contributed by atoms with van der Waals surface area (Å²) in [6, 6.07) is 8.09. The molecule has 4 heteroatoms. The van der Waals surface area contributed by atoms with Crippen LogP contribution in [0.3, 0.4) is 0 Å². The zero-order valence-corrected chi connectivity index (χ0v) is 10.1. The smallest absolute Gasteiger partial charge is 0.136 e. The van der Waals surface area contributed by atoms with Crippen molar-refractivity contribution >= 4 is 22.3 Å². The zero-order chi connectivity index (χ0) is 12.3. The third-order valence-electron chi connectivity index (χ3n) is 2.85. The summed E-state index contributed by atoms with van der Waals surface area (Å²) in [5, 5.41) is 14.4. The molecule has 0 fully saturated rings. The van der Waals surface area contributed by atoms with Crippen molar-refractivity contribution in [3.8, 4) is 0 Å². The predicted octanol–water partition coefficient (Wildman–Crippen LogP) is 1.70. The first-order valence-corrected chi connectivity index (χ1v) is 5.65. The number of anilines is 2. The number of hydrogen-bond donors (Lipinski definition) is 2. The van der Waals surface area contributed by atoms with Crippen molar-refractivity contribution in [2.24, 2.45) is 0 Å². The maximum absolute atomic E-state index is 8.99. The number of rotatable bonds is 4. The normalized spacial score (nSPS) is 10.5. The van der Waals surface area contributed by atoms with Crippen molar-refractivity contribution in [2.45, 2.75) is 0 Å². The third-order valence-corrected chi connectivity index (χ3v) is 2.85. The maximum Gasteiger partial charge on any atom is 0.136 e. The molecule has 0 saturated carbocycles. The van der Waals surface area contributed by atoms with Gasteiger partial charge < -0.3 is 15.3 Å². The molecule has 2 aromatic rings. The van der Waals surface area contributed by atoms with Gasteiger partial charge in [-0.05, 0) is 12.1 Å². The molecule has 0 atom stereocenters. The SMILES string of the molecule is CNc1cccc2c(N(C)CCO)nccc12. The standard InChI is InChI=1S/C13H17N3O/c1-14-12-5-3-4-11-10(12)6-7-15-13(11)16(2)8-9-17/h3-7,14,17H,8-9H2,1-2H3. The molecule has 1 aromatic carbocycles. The molecule has 0 bridgehead atoms. The van der Waals surface area contributed by atoms with Crippen LogP contribution in [0.1, 0.15) is 0 Å². The number of aliphatic hydroxyl groups excluding tert-OH is 1. The molecular weight excluding hydrogens is 214 g/mol. The van der Waals surface area contributed by atoms with E-state index >= 15 is 0 Å². The van der Waals surface area contributed by atoms with E-state index in [4.69, 9.17) is 5.11 Å². The van der Waals surface area contributed by atoms with E-state index in [-0.39, 0.29) is 6.61 Å². The van der Waals surface area contributed by atoms with Crippen molar-refractivity contribution < 1.29 is 5.11 Å². The number of fused-ring (bicyclic) bond motifs is 1. The highest BCUT2D eigenvalue weighted by Crippen LogP contribution is 2.28. The minimum Gasteiger partial charge on any atom is -0.395 e. The molecule has 90 valence electrons. The monoisotopic (exact) mass is 231 g/mol. The molecule has 0 radical (unpaired) electrons. The van der Waals surface area contributed by atoms with Crippen LogP contribution in [0.15, 0.2) is 30.5 Å². The lowest BCUT2D eigenvalue weighted by atomic mass is 10.1. The minimum absolute atomic E-state index is 0.125. The fourth-order valence-corrected chi connectivity index (χ4v) is 1.97. The van der Waals surface area contributed by atoms with Gasteiger partial charge in [0.15, 0.2) is 0 Å². The first-order valence-electron chi connectivity index (χ1n) is 5.65. The van der Waals surface area contributed by atoms with Crippen LogP contribution in [0, 0.1) is 0 Å². The number of benzene rings is 1. The fourth-order valence-electron chi connectivity index (χ4n) is 1.97. The Hall–Kier alpha value is -1.81. The lowest BCUT2D eigenvalue weighted by Crippen LogP contribution is -2.22. The Bertz CT molecular complexity index is 513. The van der Waals surface area contributed by atoms with E-state index < -0.39 is 0 Å². The van der Waals surface area contributed by atoms with Crippen LogP contribution < -0.4 is 10.2 Å². The highest BCUT2D eigenvalue weighted by Gasteiger charge is 2.08. The predicted molar refractivity (Wildman–Crippen MR) is 71.6 cm³/mol. The molecule has 2 rings (SSSR count). The van der Waals surface area contributed by atoms with Gasteiger partial charge in [-0.25, -0.2) is 4.98 Å². The number of hydrogen-bond acceptors (Lipinski definition) is 4. The van der Waals surface area contributed by atoms with Crippen LogP contribution in [0.2, 0.25) is 0 Å². The summed E-state index contributed by atoms with van der Waals surface area (Å²) in [6.45, 7) is 0.705. The van der Waals surface area contributed by atoms with E-state index in [1.165, 1.54) is 0 Å². The van der Waals surface area contributed by atoms with Crippen LogP contribution in [-0.4, -0.2) is 37.3 Å². The Morgan fingerprint density at radius 2 is 2.12 bits per heavy atom. The number of pyridine rings is 1. The first-order chi connectivity index (χ1) is 8.27. The lowest BCUT2D eigenvalue weighted by molar-refractivity contribution is 0.304. The molecule has 0 aliphatic heterocycles. The quantitative estimate of drug-likeness (QED) is 0.841. The van der Waals surface area contributed by atoms with Crippen LogP contribution in [0.5, 0.6) is 0 Å². The molecule has 17 heavy (non-hydrogen) atoms. The molecule has 0 saturated heterocycles.